The van der Waals surface area contributed by atoms with Crippen LogP contribution in [0.2, 0.25) is 0 Å². The van der Waals surface area contributed by atoms with Gasteiger partial charge in [0.25, 0.3) is 0 Å². The van der Waals surface area contributed by atoms with Crippen molar-refractivity contribution in [3.8, 4) is 0 Å². The molecule has 3 rings (SSSR count). The molecule has 0 spiro atoms. The average molecular weight is 345 g/mol. The minimum absolute atomic E-state index is 0.0294. The highest BCUT2D eigenvalue weighted by atomic mass is 19.1. The van der Waals surface area contributed by atoms with Crippen LogP contribution in [-0.2, 0) is 4.79 Å². The largest absolute Gasteiger partial charge is 0.343 e. The Morgan fingerprint density at radius 3 is 2.48 bits per heavy atom. The number of hydrogen-bond acceptors (Lipinski definition) is 5. The van der Waals surface area contributed by atoms with E-state index in [1.165, 1.54) is 24.3 Å². The van der Waals surface area contributed by atoms with Gasteiger partial charge in [-0.3, -0.25) is 9.59 Å². The lowest BCUT2D eigenvalue weighted by Gasteiger charge is -2.30. The zero-order chi connectivity index (χ0) is 17.8. The first-order valence-electron chi connectivity index (χ1n) is 8.39. The summed E-state index contributed by atoms with van der Waals surface area (Å²) in [7, 11) is 0. The Kier molecular flexibility index (Phi) is 5.21. The minimum Gasteiger partial charge on any atom is -0.343 e. The summed E-state index contributed by atoms with van der Waals surface area (Å²) >= 11 is 0. The van der Waals surface area contributed by atoms with Crippen LogP contribution in [0.4, 0.5) is 4.39 Å². The molecule has 1 aliphatic heterocycles. The van der Waals surface area contributed by atoms with Crippen molar-refractivity contribution < 1.29 is 18.5 Å². The van der Waals surface area contributed by atoms with Gasteiger partial charge in [0.05, 0.1) is 0 Å². The van der Waals surface area contributed by atoms with E-state index in [4.69, 9.17) is 4.52 Å². The van der Waals surface area contributed by atoms with Crippen LogP contribution in [0.25, 0.3) is 0 Å². The Labute approximate surface area is 145 Å². The van der Waals surface area contributed by atoms with E-state index in [0.717, 1.165) is 12.8 Å². The van der Waals surface area contributed by atoms with Crippen molar-refractivity contribution in [3.05, 3.63) is 47.4 Å². The predicted octanol–water partition coefficient (Wildman–Crippen LogP) is 2.89. The monoisotopic (exact) mass is 345 g/mol. The molecular weight excluding hydrogens is 325 g/mol. The number of Topliss-reactive ketones (excluding diaryl/α,β-unsaturated/α-hetero) is 1. The lowest BCUT2D eigenvalue weighted by Crippen LogP contribution is -2.38. The quantitative estimate of drug-likeness (QED) is 0.779. The standard InChI is InChI=1S/C18H20FN3O3/c1-12-20-18(21-25-12)14-8-10-22(11-9-14)17(24)7-6-16(23)13-2-4-15(19)5-3-13/h2-5,14H,6-11H2,1H3. The molecule has 1 aromatic carbocycles. The normalized spacial score (nSPS) is 15.4. The Bertz CT molecular complexity index is 749. The molecule has 1 aliphatic rings. The van der Waals surface area contributed by atoms with Gasteiger partial charge in [0, 0.05) is 44.3 Å². The fraction of sp³-hybridized carbons (Fsp3) is 0.444. The van der Waals surface area contributed by atoms with E-state index >= 15 is 0 Å². The summed E-state index contributed by atoms with van der Waals surface area (Å²) in [4.78, 5) is 30.4. The highest BCUT2D eigenvalue weighted by molar-refractivity contribution is 5.97. The summed E-state index contributed by atoms with van der Waals surface area (Å²) in [5.41, 5.74) is 0.431. The molecule has 2 heterocycles. The van der Waals surface area contributed by atoms with Crippen molar-refractivity contribution >= 4 is 11.7 Å². The number of carbonyl (C=O) groups is 2. The molecule has 25 heavy (non-hydrogen) atoms. The van der Waals surface area contributed by atoms with Gasteiger partial charge < -0.3 is 9.42 Å². The molecular formula is C18H20FN3O3. The van der Waals surface area contributed by atoms with E-state index in [1.807, 2.05) is 0 Å². The second-order valence-electron chi connectivity index (χ2n) is 6.26. The molecule has 6 nitrogen and oxygen atoms in total. The van der Waals surface area contributed by atoms with Crippen molar-refractivity contribution in [2.45, 2.75) is 38.5 Å². The molecule has 1 fully saturated rings. The molecule has 7 heteroatoms. The smallest absolute Gasteiger partial charge is 0.223 e. The third-order valence-corrected chi connectivity index (χ3v) is 4.49. The third kappa shape index (κ3) is 4.29. The number of nitrogens with zero attached hydrogens (tertiary/aromatic N) is 3. The minimum atomic E-state index is -0.382. The van der Waals surface area contributed by atoms with Crippen molar-refractivity contribution in [2.75, 3.05) is 13.1 Å². The molecule has 0 aliphatic carbocycles. The molecule has 1 amide bonds. The van der Waals surface area contributed by atoms with Crippen LogP contribution in [-0.4, -0.2) is 39.8 Å². The Morgan fingerprint density at radius 1 is 1.20 bits per heavy atom. The predicted molar refractivity (Wildman–Crippen MR) is 87.6 cm³/mol. The van der Waals surface area contributed by atoms with Crippen molar-refractivity contribution in [1.82, 2.24) is 15.0 Å². The fourth-order valence-corrected chi connectivity index (χ4v) is 3.03. The molecule has 0 unspecified atom stereocenters. The fourth-order valence-electron chi connectivity index (χ4n) is 3.03. The summed E-state index contributed by atoms with van der Waals surface area (Å²) in [5.74, 6) is 0.905. The maximum Gasteiger partial charge on any atom is 0.223 e. The molecule has 0 bridgehead atoms. The Balaban J connectivity index is 1.46. The molecule has 0 atom stereocenters. The van der Waals surface area contributed by atoms with E-state index < -0.39 is 0 Å². The van der Waals surface area contributed by atoms with Crippen LogP contribution in [0.1, 0.15) is 53.7 Å². The van der Waals surface area contributed by atoms with Gasteiger partial charge in [0.2, 0.25) is 11.8 Å². The number of benzene rings is 1. The van der Waals surface area contributed by atoms with E-state index in [2.05, 4.69) is 10.1 Å². The van der Waals surface area contributed by atoms with Gasteiger partial charge in [0.15, 0.2) is 11.6 Å². The van der Waals surface area contributed by atoms with Gasteiger partial charge in [-0.05, 0) is 37.1 Å². The number of halogens is 1. The van der Waals surface area contributed by atoms with Crippen LogP contribution in [0.15, 0.2) is 28.8 Å². The molecule has 0 saturated carbocycles. The molecule has 132 valence electrons. The molecule has 2 aromatic rings. The maximum absolute atomic E-state index is 12.9. The van der Waals surface area contributed by atoms with Gasteiger partial charge in [-0.2, -0.15) is 4.98 Å². The van der Waals surface area contributed by atoms with Crippen LogP contribution in [0.5, 0.6) is 0 Å². The van der Waals surface area contributed by atoms with E-state index in [1.54, 1.807) is 11.8 Å². The van der Waals surface area contributed by atoms with Crippen molar-refractivity contribution in [2.24, 2.45) is 0 Å². The first-order chi connectivity index (χ1) is 12.0. The Morgan fingerprint density at radius 2 is 1.88 bits per heavy atom. The van der Waals surface area contributed by atoms with Gasteiger partial charge >= 0.3 is 0 Å². The van der Waals surface area contributed by atoms with Gasteiger partial charge in [-0.15, -0.1) is 0 Å². The number of hydrogen-bond donors (Lipinski definition) is 0. The summed E-state index contributed by atoms with van der Waals surface area (Å²) < 4.78 is 17.9. The van der Waals surface area contributed by atoms with Crippen LogP contribution in [0, 0.1) is 12.7 Å². The Hall–Kier alpha value is -2.57. The lowest BCUT2D eigenvalue weighted by atomic mass is 9.95. The highest BCUT2D eigenvalue weighted by Gasteiger charge is 2.26. The number of ketones is 1. The summed E-state index contributed by atoms with van der Waals surface area (Å²) in [5, 5.41) is 3.95. The number of likely N-dealkylation sites (tertiary alicyclic amines) is 1. The van der Waals surface area contributed by atoms with E-state index in [9.17, 15) is 14.0 Å². The maximum atomic E-state index is 12.9. The van der Waals surface area contributed by atoms with Gasteiger partial charge in [-0.25, -0.2) is 4.39 Å². The van der Waals surface area contributed by atoms with Gasteiger partial charge in [-0.1, -0.05) is 5.16 Å². The number of amides is 1. The van der Waals surface area contributed by atoms with E-state index in [-0.39, 0.29) is 36.3 Å². The number of aromatic nitrogens is 2. The lowest BCUT2D eigenvalue weighted by molar-refractivity contribution is -0.132. The third-order valence-electron chi connectivity index (χ3n) is 4.49. The van der Waals surface area contributed by atoms with Crippen molar-refractivity contribution in [1.29, 1.82) is 0 Å². The zero-order valence-electron chi connectivity index (χ0n) is 14.1. The summed E-state index contributed by atoms with van der Waals surface area (Å²) in [6.45, 7) is 3.01. The van der Waals surface area contributed by atoms with Crippen LogP contribution >= 0.6 is 0 Å². The summed E-state index contributed by atoms with van der Waals surface area (Å²) in [6.07, 6.45) is 1.88. The van der Waals surface area contributed by atoms with Crippen LogP contribution < -0.4 is 0 Å². The molecule has 1 saturated heterocycles. The molecule has 1 aromatic heterocycles. The van der Waals surface area contributed by atoms with E-state index in [0.29, 0.717) is 30.4 Å². The number of aryl methyl sites for hydroxylation is 1. The number of piperidine rings is 1. The van der Waals surface area contributed by atoms with Crippen molar-refractivity contribution in [3.63, 3.8) is 0 Å². The number of rotatable bonds is 5. The van der Waals surface area contributed by atoms with Crippen LogP contribution in [0.3, 0.4) is 0 Å². The highest BCUT2D eigenvalue weighted by Crippen LogP contribution is 2.26. The molecule has 0 N–H and O–H groups in total. The first-order valence-corrected chi connectivity index (χ1v) is 8.39. The second-order valence-corrected chi connectivity index (χ2v) is 6.26. The summed E-state index contributed by atoms with van der Waals surface area (Å²) in [6, 6.07) is 5.39. The topological polar surface area (TPSA) is 76.3 Å². The average Bonchev–Trinajstić information content (AvgIpc) is 3.06. The SMILES string of the molecule is Cc1nc(C2CCN(C(=O)CCC(=O)c3ccc(F)cc3)CC2)no1. The first kappa shape index (κ1) is 17.3. The number of carbonyl (C=O) groups excluding carboxylic acids is 2. The van der Waals surface area contributed by atoms with Gasteiger partial charge in [0.1, 0.15) is 5.82 Å². The zero-order valence-corrected chi connectivity index (χ0v) is 14.1. The molecule has 0 radical (unpaired) electrons. The second kappa shape index (κ2) is 7.55.